The number of ether oxygens (including phenoxy) is 2. The second kappa shape index (κ2) is 8.86. The second-order valence-electron chi connectivity index (χ2n) is 7.23. The lowest BCUT2D eigenvalue weighted by Crippen LogP contribution is -2.51. The Labute approximate surface area is 174 Å². The number of ketones is 1. The van der Waals surface area contributed by atoms with Crippen molar-refractivity contribution in [3.8, 4) is 11.5 Å². The number of hydrogen-bond donors (Lipinski definition) is 2. The summed E-state index contributed by atoms with van der Waals surface area (Å²) in [5.41, 5.74) is 5.90. The number of piperidine rings is 1. The summed E-state index contributed by atoms with van der Waals surface area (Å²) >= 11 is 0. The van der Waals surface area contributed by atoms with E-state index >= 15 is 0 Å². The van der Waals surface area contributed by atoms with Gasteiger partial charge in [0.05, 0.1) is 0 Å². The van der Waals surface area contributed by atoms with Crippen LogP contribution in [0.2, 0.25) is 0 Å². The number of nitrogens with one attached hydrogen (secondary N) is 2. The fourth-order valence-electron chi connectivity index (χ4n) is 3.63. The molecule has 0 bridgehead atoms. The molecule has 156 valence electrons. The van der Waals surface area contributed by atoms with Gasteiger partial charge in [0.15, 0.2) is 17.3 Å². The summed E-state index contributed by atoms with van der Waals surface area (Å²) in [6, 6.07) is 13.5. The normalized spacial score (nSPS) is 15.9. The molecular formula is C22H23N3O5. The third kappa shape index (κ3) is 4.37. The summed E-state index contributed by atoms with van der Waals surface area (Å²) in [5, 5.41) is 0. The first-order valence-corrected chi connectivity index (χ1v) is 9.96. The molecule has 30 heavy (non-hydrogen) atoms. The number of amides is 3. The van der Waals surface area contributed by atoms with Crippen LogP contribution in [-0.4, -0.2) is 48.9 Å². The number of urea groups is 1. The fourth-order valence-corrected chi connectivity index (χ4v) is 3.63. The van der Waals surface area contributed by atoms with E-state index in [9.17, 15) is 14.4 Å². The highest BCUT2D eigenvalue weighted by atomic mass is 16.6. The van der Waals surface area contributed by atoms with Gasteiger partial charge in [-0.25, -0.2) is 10.2 Å². The lowest BCUT2D eigenvalue weighted by molar-refractivity contribution is 0.0848. The van der Waals surface area contributed by atoms with E-state index in [2.05, 4.69) is 10.9 Å². The summed E-state index contributed by atoms with van der Waals surface area (Å²) in [7, 11) is 0. The van der Waals surface area contributed by atoms with E-state index in [0.29, 0.717) is 61.8 Å². The zero-order valence-electron chi connectivity index (χ0n) is 16.4. The number of Topliss-reactive ketones (excluding diaryl/α,β-unsaturated/α-hetero) is 1. The minimum atomic E-state index is -0.385. The van der Waals surface area contributed by atoms with Crippen LogP contribution < -0.4 is 20.3 Å². The molecule has 2 aliphatic heterocycles. The number of benzene rings is 2. The first-order valence-electron chi connectivity index (χ1n) is 9.96. The molecule has 0 atom stereocenters. The number of rotatable bonds is 3. The van der Waals surface area contributed by atoms with Gasteiger partial charge in [0.1, 0.15) is 13.2 Å². The smallest absolute Gasteiger partial charge is 0.336 e. The molecule has 0 spiro atoms. The molecule has 0 radical (unpaired) electrons. The third-order valence-corrected chi connectivity index (χ3v) is 5.30. The highest BCUT2D eigenvalue weighted by Crippen LogP contribution is 2.32. The molecule has 0 aliphatic carbocycles. The average molecular weight is 409 g/mol. The number of hydrogen-bond acceptors (Lipinski definition) is 5. The summed E-state index contributed by atoms with van der Waals surface area (Å²) in [4.78, 5) is 38.8. The monoisotopic (exact) mass is 409 g/mol. The topological polar surface area (TPSA) is 97.0 Å². The number of carbonyl (C=O) groups excluding carboxylic acids is 3. The van der Waals surface area contributed by atoms with Gasteiger partial charge in [-0.1, -0.05) is 18.2 Å². The van der Waals surface area contributed by atoms with E-state index in [1.807, 2.05) is 6.07 Å². The summed E-state index contributed by atoms with van der Waals surface area (Å²) in [6.07, 6.45) is 1.13. The summed E-state index contributed by atoms with van der Waals surface area (Å²) < 4.78 is 11.1. The lowest BCUT2D eigenvalue weighted by atomic mass is 9.89. The zero-order valence-corrected chi connectivity index (χ0v) is 16.4. The van der Waals surface area contributed by atoms with Gasteiger partial charge >= 0.3 is 6.03 Å². The number of nitrogens with zero attached hydrogens (tertiary/aromatic N) is 1. The largest absolute Gasteiger partial charge is 0.486 e. The van der Waals surface area contributed by atoms with Gasteiger partial charge < -0.3 is 14.4 Å². The Balaban J connectivity index is 1.27. The molecular weight excluding hydrogens is 386 g/mol. The van der Waals surface area contributed by atoms with Crippen molar-refractivity contribution in [2.45, 2.75) is 12.8 Å². The fraction of sp³-hybridized carbons (Fsp3) is 0.318. The molecule has 0 saturated carbocycles. The molecule has 2 aromatic rings. The van der Waals surface area contributed by atoms with Crippen molar-refractivity contribution in [1.29, 1.82) is 0 Å². The van der Waals surface area contributed by atoms with Crippen molar-refractivity contribution in [3.05, 3.63) is 59.7 Å². The Morgan fingerprint density at radius 3 is 2.27 bits per heavy atom. The minimum absolute atomic E-state index is 0.0458. The Bertz CT molecular complexity index is 939. The quantitative estimate of drug-likeness (QED) is 0.599. The predicted octanol–water partition coefficient (Wildman–Crippen LogP) is 2.41. The van der Waals surface area contributed by atoms with Crippen LogP contribution in [-0.2, 0) is 0 Å². The third-order valence-electron chi connectivity index (χ3n) is 5.30. The second-order valence-corrected chi connectivity index (χ2v) is 7.23. The highest BCUT2D eigenvalue weighted by molar-refractivity contribution is 5.98. The maximum Gasteiger partial charge on any atom is 0.336 e. The van der Waals surface area contributed by atoms with E-state index < -0.39 is 0 Å². The van der Waals surface area contributed by atoms with Gasteiger partial charge in [-0.05, 0) is 43.2 Å². The molecule has 4 rings (SSSR count). The number of hydrazine groups is 1. The van der Waals surface area contributed by atoms with Crippen LogP contribution in [0.1, 0.15) is 33.6 Å². The van der Waals surface area contributed by atoms with Crippen molar-refractivity contribution < 1.29 is 23.9 Å². The predicted molar refractivity (Wildman–Crippen MR) is 108 cm³/mol. The zero-order chi connectivity index (χ0) is 20.9. The van der Waals surface area contributed by atoms with Gasteiger partial charge in [-0.2, -0.15) is 0 Å². The maximum atomic E-state index is 12.9. The van der Waals surface area contributed by atoms with Gasteiger partial charge in [0, 0.05) is 30.1 Å². The summed E-state index contributed by atoms with van der Waals surface area (Å²) in [5.74, 6) is 0.757. The first-order chi connectivity index (χ1) is 14.6. The highest BCUT2D eigenvalue weighted by Gasteiger charge is 2.29. The SMILES string of the molecule is O=C(NNC(=O)N1CCC(C(=O)c2ccc3c(c2)OCCO3)CC1)c1ccccc1. The van der Waals surface area contributed by atoms with E-state index in [1.54, 1.807) is 47.4 Å². The minimum Gasteiger partial charge on any atom is -0.486 e. The maximum absolute atomic E-state index is 12.9. The van der Waals surface area contributed by atoms with Crippen LogP contribution in [0.15, 0.2) is 48.5 Å². The van der Waals surface area contributed by atoms with E-state index in [1.165, 1.54) is 0 Å². The van der Waals surface area contributed by atoms with Crippen LogP contribution in [0.4, 0.5) is 4.79 Å². The van der Waals surface area contributed by atoms with Crippen LogP contribution >= 0.6 is 0 Å². The van der Waals surface area contributed by atoms with Crippen molar-refractivity contribution >= 4 is 17.7 Å². The molecule has 2 N–H and O–H groups in total. The van der Waals surface area contributed by atoms with Crippen LogP contribution in [0.25, 0.3) is 0 Å². The molecule has 1 saturated heterocycles. The van der Waals surface area contributed by atoms with Crippen molar-refractivity contribution in [1.82, 2.24) is 15.8 Å². The molecule has 2 aliphatic rings. The molecule has 8 nitrogen and oxygen atoms in total. The van der Waals surface area contributed by atoms with E-state index in [-0.39, 0.29) is 23.6 Å². The van der Waals surface area contributed by atoms with E-state index in [0.717, 1.165) is 0 Å². The molecule has 8 heteroatoms. The number of carbonyl (C=O) groups is 3. The number of fused-ring (bicyclic) bond motifs is 1. The average Bonchev–Trinajstić information content (AvgIpc) is 2.82. The standard InChI is InChI=1S/C22H23N3O5/c26-20(17-6-7-18-19(14-17)30-13-12-29-18)15-8-10-25(11-9-15)22(28)24-23-21(27)16-4-2-1-3-5-16/h1-7,14-15H,8-13H2,(H,23,27)(H,24,28). The Hall–Kier alpha value is -3.55. The van der Waals surface area contributed by atoms with Crippen molar-refractivity contribution in [3.63, 3.8) is 0 Å². The molecule has 3 amide bonds. The van der Waals surface area contributed by atoms with Crippen molar-refractivity contribution in [2.24, 2.45) is 5.92 Å². The van der Waals surface area contributed by atoms with Gasteiger partial charge in [0.25, 0.3) is 5.91 Å². The van der Waals surface area contributed by atoms with Gasteiger partial charge in [-0.15, -0.1) is 0 Å². The molecule has 0 aromatic heterocycles. The van der Waals surface area contributed by atoms with Gasteiger partial charge in [0.2, 0.25) is 0 Å². The Morgan fingerprint density at radius 2 is 1.53 bits per heavy atom. The molecule has 2 aromatic carbocycles. The van der Waals surface area contributed by atoms with Crippen LogP contribution in [0.5, 0.6) is 11.5 Å². The Morgan fingerprint density at radius 1 is 0.833 bits per heavy atom. The molecule has 0 unspecified atom stereocenters. The molecule has 1 fully saturated rings. The van der Waals surface area contributed by atoms with Crippen molar-refractivity contribution in [2.75, 3.05) is 26.3 Å². The van der Waals surface area contributed by atoms with E-state index in [4.69, 9.17) is 9.47 Å². The number of likely N-dealkylation sites (tertiary alicyclic amines) is 1. The Kier molecular flexibility index (Phi) is 5.83. The van der Waals surface area contributed by atoms with Crippen LogP contribution in [0.3, 0.4) is 0 Å². The molecule has 2 heterocycles. The van der Waals surface area contributed by atoms with Gasteiger partial charge in [-0.3, -0.25) is 15.0 Å². The first kappa shape index (κ1) is 19.8. The van der Waals surface area contributed by atoms with Crippen LogP contribution in [0, 0.1) is 5.92 Å². The summed E-state index contributed by atoms with van der Waals surface area (Å²) in [6.45, 7) is 1.85. The lowest BCUT2D eigenvalue weighted by Gasteiger charge is -2.31.